The minimum atomic E-state index is -0.0183. The summed E-state index contributed by atoms with van der Waals surface area (Å²) in [5.41, 5.74) is 5.51. The molecule has 0 aliphatic rings. The number of nitrogens with two attached hydrogens (primary N) is 1. The molecule has 0 saturated heterocycles. The third-order valence-electron chi connectivity index (χ3n) is 2.01. The van der Waals surface area contributed by atoms with E-state index in [-0.39, 0.29) is 5.54 Å². The van der Waals surface area contributed by atoms with Crippen LogP contribution in [0.25, 0.3) is 0 Å². The molecular formula is C10H18N4. The molecule has 3 N–H and O–H groups in total. The van der Waals surface area contributed by atoms with E-state index in [9.17, 15) is 0 Å². The number of aryl methyl sites for hydroxylation is 1. The summed E-state index contributed by atoms with van der Waals surface area (Å²) in [4.78, 5) is 8.32. The molecule has 0 aromatic carbocycles. The second kappa shape index (κ2) is 4.37. The van der Waals surface area contributed by atoms with Crippen LogP contribution in [0.2, 0.25) is 0 Å². The fourth-order valence-electron chi connectivity index (χ4n) is 1.30. The molecule has 0 atom stereocenters. The van der Waals surface area contributed by atoms with Gasteiger partial charge in [0, 0.05) is 11.7 Å². The highest BCUT2D eigenvalue weighted by Gasteiger charge is 2.16. The van der Waals surface area contributed by atoms with E-state index in [1.807, 2.05) is 13.0 Å². The molecule has 0 radical (unpaired) electrons. The maximum Gasteiger partial charge on any atom is 0.130 e. The van der Waals surface area contributed by atoms with Crippen LogP contribution in [0, 0.1) is 6.92 Å². The van der Waals surface area contributed by atoms with Crippen LogP contribution in [0.4, 0.5) is 5.82 Å². The van der Waals surface area contributed by atoms with Crippen molar-refractivity contribution in [2.75, 3.05) is 11.9 Å². The van der Waals surface area contributed by atoms with E-state index in [1.165, 1.54) is 0 Å². The predicted octanol–water partition coefficient (Wildman–Crippen LogP) is 1.32. The summed E-state index contributed by atoms with van der Waals surface area (Å²) < 4.78 is 0. The molecule has 0 unspecified atom stereocenters. The Morgan fingerprint density at radius 1 is 1.50 bits per heavy atom. The van der Waals surface area contributed by atoms with Gasteiger partial charge < -0.3 is 11.1 Å². The molecule has 0 spiro atoms. The van der Waals surface area contributed by atoms with Crippen LogP contribution in [0.15, 0.2) is 12.3 Å². The van der Waals surface area contributed by atoms with E-state index in [1.54, 1.807) is 6.20 Å². The lowest BCUT2D eigenvalue weighted by Gasteiger charge is -2.26. The van der Waals surface area contributed by atoms with Crippen molar-refractivity contribution in [3.8, 4) is 0 Å². The number of hydrogen-bond acceptors (Lipinski definition) is 4. The van der Waals surface area contributed by atoms with Crippen LogP contribution < -0.4 is 11.1 Å². The maximum absolute atomic E-state index is 5.53. The largest absolute Gasteiger partial charge is 0.365 e. The second-order valence-corrected chi connectivity index (χ2v) is 4.04. The van der Waals surface area contributed by atoms with Crippen LogP contribution >= 0.6 is 0 Å². The molecule has 0 saturated carbocycles. The summed E-state index contributed by atoms with van der Waals surface area (Å²) in [5.74, 6) is 1.63. The Labute approximate surface area is 85.0 Å². The SMILES string of the molecule is Cc1nccc(NC(C)(C)CCN)n1. The highest BCUT2D eigenvalue weighted by Crippen LogP contribution is 2.14. The van der Waals surface area contributed by atoms with Crippen molar-refractivity contribution >= 4 is 5.82 Å². The molecule has 4 nitrogen and oxygen atoms in total. The second-order valence-electron chi connectivity index (χ2n) is 4.04. The Morgan fingerprint density at radius 3 is 2.79 bits per heavy atom. The molecule has 78 valence electrons. The predicted molar refractivity (Wildman–Crippen MR) is 58.1 cm³/mol. The fourth-order valence-corrected chi connectivity index (χ4v) is 1.30. The zero-order chi connectivity index (χ0) is 10.6. The molecule has 1 rings (SSSR count). The topological polar surface area (TPSA) is 63.8 Å². The first-order valence-electron chi connectivity index (χ1n) is 4.81. The zero-order valence-corrected chi connectivity index (χ0v) is 9.04. The molecule has 1 heterocycles. The summed E-state index contributed by atoms with van der Waals surface area (Å²) in [6, 6.07) is 1.87. The minimum Gasteiger partial charge on any atom is -0.365 e. The highest BCUT2D eigenvalue weighted by molar-refractivity contribution is 5.35. The van der Waals surface area contributed by atoms with E-state index >= 15 is 0 Å². The normalized spacial score (nSPS) is 11.4. The first-order chi connectivity index (χ1) is 6.53. The number of hydrogen-bond donors (Lipinski definition) is 2. The van der Waals surface area contributed by atoms with E-state index in [2.05, 4.69) is 29.1 Å². The molecule has 0 aliphatic carbocycles. The van der Waals surface area contributed by atoms with Crippen molar-refractivity contribution in [1.29, 1.82) is 0 Å². The smallest absolute Gasteiger partial charge is 0.130 e. The van der Waals surface area contributed by atoms with Crippen LogP contribution in [-0.2, 0) is 0 Å². The molecular weight excluding hydrogens is 176 g/mol. The average Bonchev–Trinajstić information content (AvgIpc) is 2.02. The van der Waals surface area contributed by atoms with Gasteiger partial charge in [0.15, 0.2) is 0 Å². The number of nitrogens with one attached hydrogen (secondary N) is 1. The lowest BCUT2D eigenvalue weighted by atomic mass is 10.0. The summed E-state index contributed by atoms with van der Waals surface area (Å²) in [6.45, 7) is 6.76. The van der Waals surface area contributed by atoms with Crippen LogP contribution in [0.1, 0.15) is 26.1 Å². The molecule has 0 aliphatic heterocycles. The van der Waals surface area contributed by atoms with Crippen molar-refractivity contribution in [3.05, 3.63) is 18.1 Å². The Morgan fingerprint density at radius 2 is 2.21 bits per heavy atom. The third kappa shape index (κ3) is 3.30. The molecule has 0 bridgehead atoms. The van der Waals surface area contributed by atoms with Crippen molar-refractivity contribution in [1.82, 2.24) is 9.97 Å². The van der Waals surface area contributed by atoms with Gasteiger partial charge in [0.1, 0.15) is 11.6 Å². The summed E-state index contributed by atoms with van der Waals surface area (Å²) in [7, 11) is 0. The van der Waals surface area contributed by atoms with Gasteiger partial charge in [-0.3, -0.25) is 0 Å². The lowest BCUT2D eigenvalue weighted by Crippen LogP contribution is -2.33. The van der Waals surface area contributed by atoms with E-state index < -0.39 is 0 Å². The first kappa shape index (κ1) is 10.9. The summed E-state index contributed by atoms with van der Waals surface area (Å²) >= 11 is 0. The van der Waals surface area contributed by atoms with Gasteiger partial charge in [0.25, 0.3) is 0 Å². The minimum absolute atomic E-state index is 0.0183. The van der Waals surface area contributed by atoms with Crippen LogP contribution in [0.5, 0.6) is 0 Å². The van der Waals surface area contributed by atoms with Gasteiger partial charge in [-0.2, -0.15) is 0 Å². The van der Waals surface area contributed by atoms with Crippen molar-refractivity contribution in [3.63, 3.8) is 0 Å². The Hall–Kier alpha value is -1.16. The standard InChI is InChI=1S/C10H18N4/c1-8-12-7-4-9(13-8)14-10(2,3)5-6-11/h4,7H,5-6,11H2,1-3H3,(H,12,13,14). The van der Waals surface area contributed by atoms with Gasteiger partial charge in [-0.05, 0) is 39.8 Å². The van der Waals surface area contributed by atoms with E-state index in [0.717, 1.165) is 18.1 Å². The number of anilines is 1. The van der Waals surface area contributed by atoms with E-state index in [4.69, 9.17) is 5.73 Å². The molecule has 1 aromatic rings. The number of nitrogens with zero attached hydrogens (tertiary/aromatic N) is 2. The van der Waals surface area contributed by atoms with Crippen LogP contribution in [-0.4, -0.2) is 22.1 Å². The Balaban J connectivity index is 2.68. The number of aromatic nitrogens is 2. The third-order valence-corrected chi connectivity index (χ3v) is 2.01. The monoisotopic (exact) mass is 194 g/mol. The molecule has 0 amide bonds. The Bertz CT molecular complexity index is 296. The fraction of sp³-hybridized carbons (Fsp3) is 0.600. The molecule has 4 heteroatoms. The van der Waals surface area contributed by atoms with Gasteiger partial charge in [0.05, 0.1) is 0 Å². The highest BCUT2D eigenvalue weighted by atomic mass is 15.1. The van der Waals surface area contributed by atoms with Crippen LogP contribution in [0.3, 0.4) is 0 Å². The van der Waals surface area contributed by atoms with Gasteiger partial charge in [-0.15, -0.1) is 0 Å². The lowest BCUT2D eigenvalue weighted by molar-refractivity contribution is 0.524. The first-order valence-corrected chi connectivity index (χ1v) is 4.81. The molecule has 1 aromatic heterocycles. The van der Waals surface area contributed by atoms with Crippen molar-refractivity contribution in [2.24, 2.45) is 5.73 Å². The van der Waals surface area contributed by atoms with Gasteiger partial charge in [0.2, 0.25) is 0 Å². The zero-order valence-electron chi connectivity index (χ0n) is 9.04. The molecule has 0 fully saturated rings. The summed E-state index contributed by atoms with van der Waals surface area (Å²) in [6.07, 6.45) is 2.67. The van der Waals surface area contributed by atoms with Crippen molar-refractivity contribution < 1.29 is 0 Å². The molecule has 14 heavy (non-hydrogen) atoms. The van der Waals surface area contributed by atoms with Gasteiger partial charge in [-0.25, -0.2) is 9.97 Å². The van der Waals surface area contributed by atoms with E-state index in [0.29, 0.717) is 6.54 Å². The Kier molecular flexibility index (Phi) is 3.41. The quantitative estimate of drug-likeness (QED) is 0.759. The van der Waals surface area contributed by atoms with Crippen molar-refractivity contribution in [2.45, 2.75) is 32.7 Å². The maximum atomic E-state index is 5.53. The summed E-state index contributed by atoms with van der Waals surface area (Å²) in [5, 5.41) is 3.33. The van der Waals surface area contributed by atoms with Gasteiger partial charge in [-0.1, -0.05) is 0 Å². The number of rotatable bonds is 4. The van der Waals surface area contributed by atoms with Gasteiger partial charge >= 0.3 is 0 Å². The average molecular weight is 194 g/mol.